The maximum atomic E-state index is 11.9. The first-order valence-corrected chi connectivity index (χ1v) is 7.46. The lowest BCUT2D eigenvalue weighted by Crippen LogP contribution is -2.39. The third kappa shape index (κ3) is 5.89. The SMILES string of the molecule is CN(C)C(CNC(=O)CCNC(=O)C(C)(C)C)c1ccco1. The largest absolute Gasteiger partial charge is 0.468 e. The van der Waals surface area contributed by atoms with Crippen LogP contribution >= 0.6 is 0 Å². The summed E-state index contributed by atoms with van der Waals surface area (Å²) >= 11 is 0. The summed E-state index contributed by atoms with van der Waals surface area (Å²) in [6.45, 7) is 6.33. The van der Waals surface area contributed by atoms with Gasteiger partial charge in [0.1, 0.15) is 5.76 Å². The second kappa shape index (κ2) is 7.98. The van der Waals surface area contributed by atoms with Crippen molar-refractivity contribution in [2.45, 2.75) is 33.2 Å². The quantitative estimate of drug-likeness (QED) is 0.801. The fraction of sp³-hybridized carbons (Fsp3) is 0.625. The Morgan fingerprint density at radius 2 is 1.95 bits per heavy atom. The molecule has 0 spiro atoms. The number of nitrogens with one attached hydrogen (secondary N) is 2. The van der Waals surface area contributed by atoms with Gasteiger partial charge in [0.15, 0.2) is 0 Å². The van der Waals surface area contributed by atoms with Crippen LogP contribution in [0.1, 0.15) is 39.0 Å². The maximum Gasteiger partial charge on any atom is 0.225 e. The van der Waals surface area contributed by atoms with Gasteiger partial charge in [-0.1, -0.05) is 20.8 Å². The van der Waals surface area contributed by atoms with E-state index in [9.17, 15) is 9.59 Å². The van der Waals surface area contributed by atoms with Gasteiger partial charge in [-0.2, -0.15) is 0 Å². The molecule has 2 N–H and O–H groups in total. The highest BCUT2D eigenvalue weighted by atomic mass is 16.3. The van der Waals surface area contributed by atoms with Crippen LogP contribution in [0.25, 0.3) is 0 Å². The molecule has 0 saturated carbocycles. The Morgan fingerprint density at radius 1 is 1.27 bits per heavy atom. The molecule has 1 unspecified atom stereocenters. The van der Waals surface area contributed by atoms with E-state index in [1.54, 1.807) is 6.26 Å². The summed E-state index contributed by atoms with van der Waals surface area (Å²) in [5, 5.41) is 5.64. The smallest absolute Gasteiger partial charge is 0.225 e. The summed E-state index contributed by atoms with van der Waals surface area (Å²) in [5.41, 5.74) is -0.439. The highest BCUT2D eigenvalue weighted by Crippen LogP contribution is 2.17. The Hall–Kier alpha value is -1.82. The predicted molar refractivity (Wildman–Crippen MR) is 85.2 cm³/mol. The number of likely N-dealkylation sites (N-methyl/N-ethyl adjacent to an activating group) is 1. The summed E-state index contributed by atoms with van der Waals surface area (Å²) in [4.78, 5) is 25.5. The molecule has 1 atom stereocenters. The number of amides is 2. The highest BCUT2D eigenvalue weighted by molar-refractivity contribution is 5.82. The number of furan rings is 1. The van der Waals surface area contributed by atoms with Gasteiger partial charge in [-0.15, -0.1) is 0 Å². The summed E-state index contributed by atoms with van der Waals surface area (Å²) in [6.07, 6.45) is 1.88. The molecule has 6 nitrogen and oxygen atoms in total. The summed E-state index contributed by atoms with van der Waals surface area (Å²) in [7, 11) is 3.87. The van der Waals surface area contributed by atoms with E-state index in [0.717, 1.165) is 5.76 Å². The third-order valence-corrected chi connectivity index (χ3v) is 3.31. The molecule has 0 radical (unpaired) electrons. The van der Waals surface area contributed by atoms with Crippen LogP contribution in [0.15, 0.2) is 22.8 Å². The van der Waals surface area contributed by atoms with Gasteiger partial charge in [0.2, 0.25) is 11.8 Å². The Bertz CT molecular complexity index is 475. The number of carbonyl (C=O) groups is 2. The number of carbonyl (C=O) groups excluding carboxylic acids is 2. The molecule has 0 aliphatic heterocycles. The molecule has 0 aliphatic rings. The zero-order valence-corrected chi connectivity index (χ0v) is 14.1. The molecule has 124 valence electrons. The van der Waals surface area contributed by atoms with Crippen molar-refractivity contribution < 1.29 is 14.0 Å². The van der Waals surface area contributed by atoms with Crippen molar-refractivity contribution in [2.24, 2.45) is 5.41 Å². The molecule has 1 aromatic rings. The molecule has 0 saturated heterocycles. The fourth-order valence-electron chi connectivity index (χ4n) is 1.87. The Balaban J connectivity index is 2.34. The summed E-state index contributed by atoms with van der Waals surface area (Å²) < 4.78 is 5.39. The normalized spacial score (nSPS) is 13.0. The molecule has 0 fully saturated rings. The molecular weight excluding hydrogens is 282 g/mol. The molecule has 0 aromatic carbocycles. The van der Waals surface area contributed by atoms with Gasteiger partial charge >= 0.3 is 0 Å². The van der Waals surface area contributed by atoms with E-state index in [0.29, 0.717) is 13.1 Å². The van der Waals surface area contributed by atoms with Crippen molar-refractivity contribution in [1.29, 1.82) is 0 Å². The molecule has 6 heteroatoms. The van der Waals surface area contributed by atoms with Crippen LogP contribution in [-0.4, -0.2) is 43.9 Å². The molecule has 0 aliphatic carbocycles. The van der Waals surface area contributed by atoms with Crippen molar-refractivity contribution in [1.82, 2.24) is 15.5 Å². The zero-order chi connectivity index (χ0) is 16.8. The third-order valence-electron chi connectivity index (χ3n) is 3.31. The lowest BCUT2D eigenvalue weighted by atomic mass is 9.96. The van der Waals surface area contributed by atoms with Gasteiger partial charge in [-0.05, 0) is 26.2 Å². The molecule has 2 amide bonds. The minimum Gasteiger partial charge on any atom is -0.468 e. The van der Waals surface area contributed by atoms with Crippen LogP contribution in [0.3, 0.4) is 0 Å². The molecule has 0 bridgehead atoms. The van der Waals surface area contributed by atoms with E-state index in [2.05, 4.69) is 10.6 Å². The lowest BCUT2D eigenvalue weighted by Gasteiger charge is -2.22. The monoisotopic (exact) mass is 309 g/mol. The Labute approximate surface area is 132 Å². The topological polar surface area (TPSA) is 74.6 Å². The van der Waals surface area contributed by atoms with Gasteiger partial charge < -0.3 is 15.1 Å². The van der Waals surface area contributed by atoms with Gasteiger partial charge in [-0.25, -0.2) is 0 Å². The first-order chi connectivity index (χ1) is 10.2. The average Bonchev–Trinajstić information content (AvgIpc) is 2.91. The predicted octanol–water partition coefficient (Wildman–Crippen LogP) is 1.55. The molecule has 1 aromatic heterocycles. The van der Waals surface area contributed by atoms with Crippen molar-refractivity contribution in [2.75, 3.05) is 27.2 Å². The second-order valence-electron chi connectivity index (χ2n) is 6.55. The second-order valence-corrected chi connectivity index (χ2v) is 6.55. The maximum absolute atomic E-state index is 11.9. The van der Waals surface area contributed by atoms with Crippen molar-refractivity contribution >= 4 is 11.8 Å². The summed E-state index contributed by atoms with van der Waals surface area (Å²) in [5.74, 6) is 0.668. The van der Waals surface area contributed by atoms with Gasteiger partial charge in [0, 0.05) is 24.9 Å². The van der Waals surface area contributed by atoms with Crippen molar-refractivity contribution in [3.63, 3.8) is 0 Å². The van der Waals surface area contributed by atoms with Crippen molar-refractivity contribution in [3.8, 4) is 0 Å². The Kier molecular flexibility index (Phi) is 6.61. The van der Waals surface area contributed by atoms with Crippen LogP contribution in [0.2, 0.25) is 0 Å². The van der Waals surface area contributed by atoms with Gasteiger partial charge in [0.25, 0.3) is 0 Å². The fourth-order valence-corrected chi connectivity index (χ4v) is 1.87. The zero-order valence-electron chi connectivity index (χ0n) is 14.1. The van der Waals surface area contributed by atoms with E-state index in [1.165, 1.54) is 0 Å². The number of hydrogen-bond donors (Lipinski definition) is 2. The van der Waals surface area contributed by atoms with E-state index in [1.807, 2.05) is 51.9 Å². The molecule has 1 rings (SSSR count). The van der Waals surface area contributed by atoms with E-state index < -0.39 is 5.41 Å². The molecule has 1 heterocycles. The number of rotatable bonds is 7. The molecule has 22 heavy (non-hydrogen) atoms. The number of nitrogens with zero attached hydrogens (tertiary/aromatic N) is 1. The first-order valence-electron chi connectivity index (χ1n) is 7.46. The van der Waals surface area contributed by atoms with Gasteiger partial charge in [-0.3, -0.25) is 14.5 Å². The molecular formula is C16H27N3O3. The van der Waals surface area contributed by atoms with Crippen molar-refractivity contribution in [3.05, 3.63) is 24.2 Å². The minimum absolute atomic E-state index is 0.0110. The van der Waals surface area contributed by atoms with E-state index >= 15 is 0 Å². The van der Waals surface area contributed by atoms with Crippen LogP contribution in [0.5, 0.6) is 0 Å². The van der Waals surface area contributed by atoms with Crippen LogP contribution in [-0.2, 0) is 9.59 Å². The standard InChI is InChI=1S/C16H27N3O3/c1-16(2,3)15(21)17-9-8-14(20)18-11-12(19(4)5)13-7-6-10-22-13/h6-7,10,12H,8-9,11H2,1-5H3,(H,17,21)(H,18,20). The van der Waals surface area contributed by atoms with E-state index in [4.69, 9.17) is 4.42 Å². The average molecular weight is 309 g/mol. The first kappa shape index (κ1) is 18.2. The van der Waals surface area contributed by atoms with Crippen LogP contribution in [0, 0.1) is 5.41 Å². The Morgan fingerprint density at radius 3 is 2.45 bits per heavy atom. The van der Waals surface area contributed by atoms with E-state index in [-0.39, 0.29) is 24.3 Å². The van der Waals surface area contributed by atoms with Crippen LogP contribution < -0.4 is 10.6 Å². The van der Waals surface area contributed by atoms with Gasteiger partial charge in [0.05, 0.1) is 12.3 Å². The minimum atomic E-state index is -0.439. The summed E-state index contributed by atoms with van der Waals surface area (Å²) in [6, 6.07) is 3.71. The lowest BCUT2D eigenvalue weighted by molar-refractivity contribution is -0.128. The highest BCUT2D eigenvalue weighted by Gasteiger charge is 2.21. The number of hydrogen-bond acceptors (Lipinski definition) is 4. The van der Waals surface area contributed by atoms with Crippen LogP contribution in [0.4, 0.5) is 0 Å².